The van der Waals surface area contributed by atoms with Crippen LogP contribution in [-0.2, 0) is 76.7 Å². The maximum atomic E-state index is 12.9. The van der Waals surface area contributed by atoms with E-state index in [1.807, 2.05) is 164 Å². The van der Waals surface area contributed by atoms with Crippen molar-refractivity contribution in [2.45, 2.75) is 122 Å². The Morgan fingerprint density at radius 3 is 1.17 bits per heavy atom. The normalized spacial score (nSPS) is 11.1. The average Bonchev–Trinajstić information content (AvgIpc) is 0.744. The molecule has 0 amide bonds. The van der Waals surface area contributed by atoms with Gasteiger partial charge in [0.2, 0.25) is 0 Å². The highest BCUT2D eigenvalue weighted by Crippen LogP contribution is 2.46. The van der Waals surface area contributed by atoms with E-state index in [0.29, 0.717) is 56.2 Å². The molecular formula is C77H97BBr3O13P. The van der Waals surface area contributed by atoms with E-state index in [1.54, 1.807) is 54.2 Å². The van der Waals surface area contributed by atoms with Crippen molar-refractivity contribution < 1.29 is 62.2 Å². The Labute approximate surface area is 591 Å². The van der Waals surface area contributed by atoms with Crippen LogP contribution in [0.3, 0.4) is 0 Å². The molecule has 0 saturated carbocycles. The highest BCUT2D eigenvalue weighted by Gasteiger charge is 2.31. The molecule has 512 valence electrons. The van der Waals surface area contributed by atoms with Crippen LogP contribution in [0.15, 0.2) is 169 Å². The number of carbonyl (C=O) groups excluding carboxylic acids is 5. The minimum absolute atomic E-state index is 0.108. The van der Waals surface area contributed by atoms with Gasteiger partial charge in [0.1, 0.15) is 29.3 Å². The van der Waals surface area contributed by atoms with Crippen molar-refractivity contribution in [3.05, 3.63) is 214 Å². The van der Waals surface area contributed by atoms with Gasteiger partial charge < -0.3 is 38.3 Å². The van der Waals surface area contributed by atoms with E-state index in [9.17, 15) is 29.1 Å². The maximum absolute atomic E-state index is 12.9. The quantitative estimate of drug-likeness (QED) is 0.0152. The van der Waals surface area contributed by atoms with E-state index in [0.717, 1.165) is 104 Å². The molecule has 0 aliphatic carbocycles. The molecule has 1 N–H and O–H groups in total. The lowest BCUT2D eigenvalue weighted by Crippen LogP contribution is -2.33. The smallest absolute Gasteiger partial charge is 0.369 e. The second-order valence-corrected chi connectivity index (χ2v) is 31.3. The van der Waals surface area contributed by atoms with Gasteiger partial charge in [0, 0.05) is 16.4 Å². The van der Waals surface area contributed by atoms with Crippen LogP contribution in [0.2, 0.25) is 0 Å². The van der Waals surface area contributed by atoms with E-state index in [4.69, 9.17) is 33.2 Å². The van der Waals surface area contributed by atoms with Crippen LogP contribution in [-0.4, -0.2) is 91.5 Å². The summed E-state index contributed by atoms with van der Waals surface area (Å²) in [7, 11) is 4.97. The fourth-order valence-electron chi connectivity index (χ4n) is 9.95. The lowest BCUT2D eigenvalue weighted by molar-refractivity contribution is -0.148. The van der Waals surface area contributed by atoms with Gasteiger partial charge in [-0.1, -0.05) is 163 Å². The van der Waals surface area contributed by atoms with Crippen LogP contribution in [0.25, 0.3) is 6.08 Å². The molecule has 0 saturated heterocycles. The number of aldehydes is 1. The molecule has 0 fully saturated rings. The number of ether oxygens (including phenoxy) is 7. The van der Waals surface area contributed by atoms with Crippen molar-refractivity contribution in [2.24, 2.45) is 11.8 Å². The molecule has 0 heterocycles. The van der Waals surface area contributed by atoms with Gasteiger partial charge in [0.15, 0.2) is 0 Å². The molecule has 0 aliphatic rings. The van der Waals surface area contributed by atoms with Gasteiger partial charge in [-0.05, 0) is 190 Å². The number of carbonyl (C=O) groups is 5. The highest BCUT2D eigenvalue weighted by molar-refractivity contribution is 9.69. The lowest BCUT2D eigenvalue weighted by atomic mass is 9.98. The van der Waals surface area contributed by atoms with Crippen LogP contribution in [0.5, 0.6) is 23.0 Å². The predicted molar refractivity (Wildman–Crippen MR) is 404 cm³/mol. The minimum Gasteiger partial charge on any atom is -0.508 e. The summed E-state index contributed by atoms with van der Waals surface area (Å²) in [6.45, 7) is 22.2. The topological polar surface area (TPSA) is 170 Å². The number of aromatic hydroxyl groups is 1. The van der Waals surface area contributed by atoms with Crippen LogP contribution >= 0.6 is 54.2 Å². The molecule has 95 heavy (non-hydrogen) atoms. The summed E-state index contributed by atoms with van der Waals surface area (Å²) >= 11 is 9.31. The van der Waals surface area contributed by atoms with E-state index in [-0.39, 0.29) is 38.9 Å². The molecule has 0 aliphatic heterocycles. The molecule has 7 aromatic carbocycles. The average molecular weight is 1510 g/mol. The number of methoxy groups -OCH3 is 3. The summed E-state index contributed by atoms with van der Waals surface area (Å²) < 4.78 is 36.3. The van der Waals surface area contributed by atoms with Crippen molar-refractivity contribution in [3.8, 4) is 23.0 Å². The van der Waals surface area contributed by atoms with Gasteiger partial charge in [0.25, 0.3) is 0 Å². The van der Waals surface area contributed by atoms with Gasteiger partial charge >= 0.3 is 27.1 Å². The number of rotatable bonds is 24. The fourth-order valence-corrected chi connectivity index (χ4v) is 14.2. The molecule has 0 bridgehead atoms. The summed E-state index contributed by atoms with van der Waals surface area (Å²) in [6, 6.07) is 53.8. The first kappa shape index (κ1) is 83.9. The molecule has 7 rings (SSSR count). The zero-order valence-electron chi connectivity index (χ0n) is 58.0. The molecule has 13 nitrogen and oxygen atoms in total. The number of hydrogen-bond donors (Lipinski definition) is 1. The zero-order chi connectivity index (χ0) is 70.9. The summed E-state index contributed by atoms with van der Waals surface area (Å²) in [4.78, 5) is 57.9. The molecule has 0 aromatic heterocycles. The molecule has 2 unspecified atom stereocenters. The van der Waals surface area contributed by atoms with Crippen molar-refractivity contribution >= 4 is 115 Å². The largest absolute Gasteiger partial charge is 0.508 e. The molecule has 7 aromatic rings. The number of hydrogen-bond acceptors (Lipinski definition) is 13. The van der Waals surface area contributed by atoms with Crippen molar-refractivity contribution in [3.63, 3.8) is 0 Å². The van der Waals surface area contributed by atoms with E-state index in [1.165, 1.54) is 5.56 Å². The van der Waals surface area contributed by atoms with Gasteiger partial charge in [0.05, 0.1) is 59.6 Å². The summed E-state index contributed by atoms with van der Waals surface area (Å²) in [5, 5.41) is 13.8. The Hall–Kier alpha value is -7.17. The van der Waals surface area contributed by atoms with Gasteiger partial charge in [-0.2, -0.15) is 0 Å². The Balaban J connectivity index is 0.000000406. The highest BCUT2D eigenvalue weighted by atomic mass is 79.9. The standard InChI is InChI=1S/C23H23O2P.C15H22O3.C15H20O3.C14H20O3.C10H12O2.BBr3/c1-3-25-23(24)19(2)26(20-13-7-4-8-14-20,21-15-9-5-10-16-21)22-17-11-6-12-18-22;2*1-5-13-10-12(7-8-14(13)17-4)9-11(3)15(16)18-6-2;1-4-12-9-11(6-7-13(12)15)8-10(3)14(16)17-5-2;1-3-9-6-8(7-11)4-5-10(9)12-2;2-1(3)4/h4-18H,3H2,1-2H3;7-8,10-11H,5-6,9H2,1-4H3;7-10H,5-6H2,1-4H3;6-7,9-10,15H,4-5,8H2,1-3H3;4-7H,3H2,1-2H3;/b;;11-9+;;;. The first-order valence-corrected chi connectivity index (χ1v) is 36.5. The first-order chi connectivity index (χ1) is 45.6. The lowest BCUT2D eigenvalue weighted by Gasteiger charge is -2.31. The summed E-state index contributed by atoms with van der Waals surface area (Å²) in [5.74, 6) is 1.90. The Morgan fingerprint density at radius 1 is 0.463 bits per heavy atom. The van der Waals surface area contributed by atoms with Gasteiger partial charge in [-0.3, -0.25) is 14.4 Å². The maximum Gasteiger partial charge on any atom is 0.369 e. The Morgan fingerprint density at radius 2 is 0.800 bits per heavy atom. The molecule has 0 radical (unpaired) electrons. The second-order valence-electron chi connectivity index (χ2n) is 21.3. The Kier molecular flexibility index (Phi) is 41.4. The zero-order valence-corrected chi connectivity index (χ0v) is 63.6. The predicted octanol–water partition coefficient (Wildman–Crippen LogP) is 16.9. The number of phenolic OH excluding ortho intramolecular Hbond substituents is 1. The van der Waals surface area contributed by atoms with E-state index in [2.05, 4.69) is 104 Å². The third kappa shape index (κ3) is 28.2. The molecule has 2 atom stereocenters. The SMILES string of the molecule is BrB(Br)Br.CCOC(=O)/C(C)=C/c1ccc(OC)c(CC)c1.CCOC(=O)C(C)=P(c1ccccc1)(c1ccccc1)c1ccccc1.CCOC(=O)C(C)Cc1ccc(O)c(CC)c1.CCOC(=O)C(C)Cc1ccc(OC)c(CC)c1.CCc1cc(C=O)ccc1OC. The molecule has 18 heteroatoms. The number of esters is 4. The molecular weight excluding hydrogens is 1410 g/mol. The van der Waals surface area contributed by atoms with Crippen LogP contribution in [0.1, 0.15) is 132 Å². The minimum atomic E-state index is -2.29. The van der Waals surface area contributed by atoms with E-state index >= 15 is 0 Å². The van der Waals surface area contributed by atoms with Crippen LogP contribution < -0.4 is 30.1 Å². The monoisotopic (exact) mass is 1510 g/mol. The second kappa shape index (κ2) is 46.9. The number of benzene rings is 7. The number of aryl methyl sites for hydroxylation is 4. The van der Waals surface area contributed by atoms with Crippen molar-refractivity contribution in [1.29, 1.82) is 0 Å². The first-order valence-electron chi connectivity index (χ1n) is 32.0. The van der Waals surface area contributed by atoms with Gasteiger partial charge in [-0.15, -0.1) is 47.3 Å². The third-order valence-corrected chi connectivity index (χ3v) is 19.1. The van der Waals surface area contributed by atoms with E-state index < -0.39 is 6.89 Å². The number of phenols is 1. The van der Waals surface area contributed by atoms with Gasteiger partial charge in [-0.25, -0.2) is 9.59 Å². The third-order valence-electron chi connectivity index (χ3n) is 14.7. The van der Waals surface area contributed by atoms with Crippen molar-refractivity contribution in [1.82, 2.24) is 0 Å². The summed E-state index contributed by atoms with van der Waals surface area (Å²) in [5.41, 5.74) is 8.78. The van der Waals surface area contributed by atoms with Crippen LogP contribution in [0, 0.1) is 11.8 Å². The summed E-state index contributed by atoms with van der Waals surface area (Å²) in [6.07, 6.45) is 7.50. The molecule has 0 spiro atoms. The number of halogens is 3. The fraction of sp³-hybridized carbons (Fsp3) is 0.351. The van der Waals surface area contributed by atoms with Crippen LogP contribution in [0.4, 0.5) is 0 Å². The van der Waals surface area contributed by atoms with Crippen molar-refractivity contribution in [2.75, 3.05) is 47.8 Å². The Bertz CT molecular complexity index is 3420.